The van der Waals surface area contributed by atoms with Crippen LogP contribution in [0.4, 0.5) is 8.78 Å². The lowest BCUT2D eigenvalue weighted by Gasteiger charge is -2.29. The summed E-state index contributed by atoms with van der Waals surface area (Å²) in [6.07, 6.45) is 1.09. The van der Waals surface area contributed by atoms with E-state index in [9.17, 15) is 8.78 Å². The molecule has 1 aromatic carbocycles. The van der Waals surface area contributed by atoms with Gasteiger partial charge >= 0.3 is 0 Å². The van der Waals surface area contributed by atoms with Gasteiger partial charge in [0.2, 0.25) is 0 Å². The van der Waals surface area contributed by atoms with Gasteiger partial charge in [-0.2, -0.15) is 0 Å². The van der Waals surface area contributed by atoms with Crippen molar-refractivity contribution in [3.63, 3.8) is 0 Å². The molecule has 13 heavy (non-hydrogen) atoms. The predicted molar refractivity (Wildman–Crippen MR) is 43.2 cm³/mol. The molecule has 2 rings (SSSR count). The summed E-state index contributed by atoms with van der Waals surface area (Å²) in [5.41, 5.74) is 0. The fourth-order valence-corrected chi connectivity index (χ4v) is 1.06. The van der Waals surface area contributed by atoms with Crippen LogP contribution in [-0.4, -0.2) is 18.2 Å². The number of hydroxylamine groups is 2. The zero-order chi connectivity index (χ0) is 9.26. The van der Waals surface area contributed by atoms with E-state index < -0.39 is 11.6 Å². The molecule has 4 heteroatoms. The molecule has 0 saturated carbocycles. The van der Waals surface area contributed by atoms with Gasteiger partial charge in [0.05, 0.1) is 0 Å². The molecule has 1 heterocycles. The van der Waals surface area contributed by atoms with Crippen LogP contribution in [0, 0.1) is 11.6 Å². The highest BCUT2D eigenvalue weighted by Gasteiger charge is 2.16. The Morgan fingerprint density at radius 3 is 2.46 bits per heavy atom. The van der Waals surface area contributed by atoms with Gasteiger partial charge < -0.3 is 4.84 Å². The van der Waals surface area contributed by atoms with Crippen LogP contribution in [0.15, 0.2) is 18.2 Å². The lowest BCUT2D eigenvalue weighted by atomic mass is 10.3. The van der Waals surface area contributed by atoms with Crippen molar-refractivity contribution in [3.8, 4) is 5.75 Å². The van der Waals surface area contributed by atoms with Gasteiger partial charge in [-0.1, -0.05) is 0 Å². The number of rotatable bonds is 2. The highest BCUT2D eigenvalue weighted by atomic mass is 19.2. The maximum absolute atomic E-state index is 12.7. The number of benzene rings is 1. The molecule has 1 aromatic rings. The first-order valence-electron chi connectivity index (χ1n) is 4.14. The average Bonchev–Trinajstić information content (AvgIpc) is 2.04. The Labute approximate surface area is 74.7 Å². The molecule has 1 aliphatic rings. The van der Waals surface area contributed by atoms with E-state index in [2.05, 4.69) is 0 Å². The summed E-state index contributed by atoms with van der Waals surface area (Å²) in [5, 5.41) is 1.70. The molecule has 0 unspecified atom stereocenters. The molecule has 0 amide bonds. The minimum Gasteiger partial charge on any atom is -0.406 e. The summed E-state index contributed by atoms with van der Waals surface area (Å²) in [5.74, 6) is -1.38. The highest BCUT2D eigenvalue weighted by molar-refractivity contribution is 5.23. The van der Waals surface area contributed by atoms with Crippen LogP contribution in [0.3, 0.4) is 0 Å². The molecule has 70 valence electrons. The fourth-order valence-electron chi connectivity index (χ4n) is 1.06. The van der Waals surface area contributed by atoms with Crippen molar-refractivity contribution in [1.29, 1.82) is 0 Å². The predicted octanol–water partition coefficient (Wildman–Crippen LogP) is 1.96. The van der Waals surface area contributed by atoms with Gasteiger partial charge in [-0.25, -0.2) is 8.78 Å². The Hall–Kier alpha value is -1.16. The molecule has 1 saturated heterocycles. The number of hydrogen-bond donors (Lipinski definition) is 0. The van der Waals surface area contributed by atoms with Crippen molar-refractivity contribution in [2.24, 2.45) is 0 Å². The fraction of sp³-hybridized carbons (Fsp3) is 0.333. The Bertz CT molecular complexity index is 312. The van der Waals surface area contributed by atoms with Gasteiger partial charge in [0.15, 0.2) is 17.4 Å². The zero-order valence-electron chi connectivity index (χ0n) is 6.96. The zero-order valence-corrected chi connectivity index (χ0v) is 6.96. The Morgan fingerprint density at radius 1 is 1.15 bits per heavy atom. The molecule has 1 fully saturated rings. The van der Waals surface area contributed by atoms with Gasteiger partial charge in [-0.3, -0.25) is 0 Å². The lowest BCUT2D eigenvalue weighted by Crippen LogP contribution is -2.39. The molecule has 0 atom stereocenters. The van der Waals surface area contributed by atoms with E-state index in [1.54, 1.807) is 5.06 Å². The van der Waals surface area contributed by atoms with Crippen molar-refractivity contribution < 1.29 is 13.6 Å². The summed E-state index contributed by atoms with van der Waals surface area (Å²) in [4.78, 5) is 5.21. The van der Waals surface area contributed by atoms with Gasteiger partial charge in [0.1, 0.15) is 0 Å². The maximum atomic E-state index is 12.7. The monoisotopic (exact) mass is 185 g/mol. The van der Waals surface area contributed by atoms with Crippen molar-refractivity contribution in [2.45, 2.75) is 6.42 Å². The molecule has 2 nitrogen and oxygen atoms in total. The van der Waals surface area contributed by atoms with Crippen LogP contribution in [0.5, 0.6) is 5.75 Å². The summed E-state index contributed by atoms with van der Waals surface area (Å²) >= 11 is 0. The minimum absolute atomic E-state index is 0.346. The maximum Gasteiger partial charge on any atom is 0.162 e. The molecular weight excluding hydrogens is 176 g/mol. The molecule has 0 aliphatic carbocycles. The van der Waals surface area contributed by atoms with E-state index in [4.69, 9.17) is 4.84 Å². The molecule has 0 radical (unpaired) electrons. The Balaban J connectivity index is 2.07. The molecule has 1 aliphatic heterocycles. The van der Waals surface area contributed by atoms with Gasteiger partial charge in [0.25, 0.3) is 0 Å². The van der Waals surface area contributed by atoms with Gasteiger partial charge in [-0.05, 0) is 18.6 Å². The standard InChI is InChI=1S/C9H9F2NO/c10-8-3-2-7(6-9(8)11)13-12-4-1-5-12/h2-3,6H,1,4-5H2. The summed E-state index contributed by atoms with van der Waals surface area (Å²) in [6.45, 7) is 1.69. The van der Waals surface area contributed by atoms with Crippen LogP contribution >= 0.6 is 0 Å². The second-order valence-corrected chi connectivity index (χ2v) is 2.95. The van der Waals surface area contributed by atoms with E-state index in [-0.39, 0.29) is 0 Å². The van der Waals surface area contributed by atoms with E-state index in [1.165, 1.54) is 6.07 Å². The van der Waals surface area contributed by atoms with Gasteiger partial charge in [0, 0.05) is 19.2 Å². The topological polar surface area (TPSA) is 12.5 Å². The molecule has 0 bridgehead atoms. The van der Waals surface area contributed by atoms with Crippen LogP contribution < -0.4 is 4.84 Å². The Kier molecular flexibility index (Phi) is 2.14. The van der Waals surface area contributed by atoms with E-state index >= 15 is 0 Å². The summed E-state index contributed by atoms with van der Waals surface area (Å²) < 4.78 is 25.2. The van der Waals surface area contributed by atoms with Gasteiger partial charge in [-0.15, -0.1) is 5.06 Å². The first-order valence-corrected chi connectivity index (χ1v) is 4.14. The van der Waals surface area contributed by atoms with Crippen molar-refractivity contribution in [2.75, 3.05) is 13.1 Å². The highest BCUT2D eigenvalue weighted by Crippen LogP contribution is 2.18. The van der Waals surface area contributed by atoms with Crippen LogP contribution in [-0.2, 0) is 0 Å². The van der Waals surface area contributed by atoms with E-state index in [0.717, 1.165) is 31.6 Å². The second-order valence-electron chi connectivity index (χ2n) is 2.95. The number of hydrogen-bond acceptors (Lipinski definition) is 2. The minimum atomic E-state index is -0.877. The van der Waals surface area contributed by atoms with Crippen molar-refractivity contribution >= 4 is 0 Å². The molecule has 0 N–H and O–H groups in total. The van der Waals surface area contributed by atoms with E-state index in [1.807, 2.05) is 0 Å². The third-order valence-electron chi connectivity index (χ3n) is 1.94. The van der Waals surface area contributed by atoms with Crippen LogP contribution in [0.2, 0.25) is 0 Å². The molecule has 0 aromatic heterocycles. The third kappa shape index (κ3) is 1.78. The van der Waals surface area contributed by atoms with Crippen LogP contribution in [0.1, 0.15) is 6.42 Å². The summed E-state index contributed by atoms with van der Waals surface area (Å²) in [6, 6.07) is 3.52. The number of nitrogens with zero attached hydrogens (tertiary/aromatic N) is 1. The third-order valence-corrected chi connectivity index (χ3v) is 1.94. The molecule has 0 spiro atoms. The van der Waals surface area contributed by atoms with E-state index in [0.29, 0.717) is 5.75 Å². The lowest BCUT2D eigenvalue weighted by molar-refractivity contribution is -0.107. The largest absolute Gasteiger partial charge is 0.406 e. The second kappa shape index (κ2) is 3.30. The smallest absolute Gasteiger partial charge is 0.162 e. The van der Waals surface area contributed by atoms with Crippen molar-refractivity contribution in [3.05, 3.63) is 29.8 Å². The quantitative estimate of drug-likeness (QED) is 0.698. The Morgan fingerprint density at radius 2 is 1.92 bits per heavy atom. The first-order chi connectivity index (χ1) is 6.25. The number of halogens is 2. The normalized spacial score (nSPS) is 16.8. The SMILES string of the molecule is Fc1ccc(ON2CCC2)cc1F. The van der Waals surface area contributed by atoms with Crippen molar-refractivity contribution in [1.82, 2.24) is 5.06 Å². The average molecular weight is 185 g/mol. The molecular formula is C9H9F2NO. The summed E-state index contributed by atoms with van der Waals surface area (Å²) in [7, 11) is 0. The first kappa shape index (κ1) is 8.44. The van der Waals surface area contributed by atoms with Crippen LogP contribution in [0.25, 0.3) is 0 Å².